The molecule has 1 aromatic heterocycles. The zero-order chi connectivity index (χ0) is 24.7. The van der Waals surface area contributed by atoms with Crippen molar-refractivity contribution >= 4 is 6.09 Å². The molecule has 184 valence electrons. The van der Waals surface area contributed by atoms with Gasteiger partial charge < -0.3 is 14.7 Å². The maximum absolute atomic E-state index is 12.4. The Morgan fingerprint density at radius 2 is 1.82 bits per heavy atom. The Bertz CT molecular complexity index is 1030. The fourth-order valence-electron chi connectivity index (χ4n) is 5.70. The van der Waals surface area contributed by atoms with E-state index in [2.05, 4.69) is 81.9 Å². The van der Waals surface area contributed by atoms with E-state index in [1.807, 2.05) is 17.3 Å². The van der Waals surface area contributed by atoms with Gasteiger partial charge in [0.05, 0.1) is 6.54 Å². The molecule has 6 nitrogen and oxygen atoms in total. The number of likely N-dealkylation sites (tertiary alicyclic amines) is 1. The van der Waals surface area contributed by atoms with E-state index < -0.39 is 5.60 Å². The maximum Gasteiger partial charge on any atom is 0.410 e. The summed E-state index contributed by atoms with van der Waals surface area (Å²) in [6, 6.07) is 10.5. The predicted molar refractivity (Wildman–Crippen MR) is 134 cm³/mol. The van der Waals surface area contributed by atoms with E-state index in [4.69, 9.17) is 4.74 Å². The molecule has 6 heteroatoms. The highest BCUT2D eigenvalue weighted by Gasteiger charge is 2.55. The van der Waals surface area contributed by atoms with Crippen LogP contribution in [0, 0.1) is 5.41 Å². The van der Waals surface area contributed by atoms with Crippen LogP contribution in [0.3, 0.4) is 0 Å². The van der Waals surface area contributed by atoms with Crippen molar-refractivity contribution in [3.8, 4) is 0 Å². The van der Waals surface area contributed by atoms with Crippen molar-refractivity contribution in [2.75, 3.05) is 33.3 Å². The van der Waals surface area contributed by atoms with E-state index >= 15 is 0 Å². The molecule has 1 atom stereocenters. The highest BCUT2D eigenvalue weighted by molar-refractivity contribution is 5.70. The molecule has 2 aliphatic heterocycles. The third-order valence-electron chi connectivity index (χ3n) is 7.84. The zero-order valence-corrected chi connectivity index (χ0v) is 21.5. The average molecular weight is 466 g/mol. The highest BCUT2D eigenvalue weighted by Crippen LogP contribution is 2.50. The van der Waals surface area contributed by atoms with Crippen molar-refractivity contribution in [3.63, 3.8) is 0 Å². The number of aromatic nitrogens is 1. The van der Waals surface area contributed by atoms with Crippen LogP contribution >= 0.6 is 0 Å². The molecule has 1 aromatic carbocycles. The van der Waals surface area contributed by atoms with Crippen molar-refractivity contribution in [1.82, 2.24) is 14.8 Å². The summed E-state index contributed by atoms with van der Waals surface area (Å²) in [6.45, 7) is 13.4. The van der Waals surface area contributed by atoms with Crippen molar-refractivity contribution in [3.05, 3.63) is 65.0 Å². The molecule has 0 spiro atoms. The van der Waals surface area contributed by atoms with Gasteiger partial charge in [-0.15, -0.1) is 0 Å². The molecular formula is C28H39N3O3. The van der Waals surface area contributed by atoms with Gasteiger partial charge in [-0.2, -0.15) is 0 Å². The normalized spacial score (nSPS) is 20.2. The number of pyridine rings is 1. The molecule has 34 heavy (non-hydrogen) atoms. The number of hydrogen-bond donors (Lipinski definition) is 1. The molecule has 2 saturated heterocycles. The lowest BCUT2D eigenvalue weighted by Crippen LogP contribution is -2.63. The van der Waals surface area contributed by atoms with Crippen molar-refractivity contribution in [1.29, 1.82) is 0 Å². The van der Waals surface area contributed by atoms with Crippen LogP contribution in [0.1, 0.15) is 69.2 Å². The Morgan fingerprint density at radius 1 is 1.15 bits per heavy atom. The van der Waals surface area contributed by atoms with Gasteiger partial charge in [0.2, 0.25) is 0 Å². The van der Waals surface area contributed by atoms with Crippen LogP contribution in [0.25, 0.3) is 0 Å². The summed E-state index contributed by atoms with van der Waals surface area (Å²) in [6.07, 6.45) is 5.00. The van der Waals surface area contributed by atoms with Gasteiger partial charge in [0.1, 0.15) is 12.2 Å². The first kappa shape index (κ1) is 24.7. The summed E-state index contributed by atoms with van der Waals surface area (Å²) in [5, 5.41) is 12.4. The minimum atomic E-state index is -1.15. The molecule has 0 saturated carbocycles. The standard InChI is InChI=1S/C28H39N3O3/c1-20(2)22-7-9-23(10-8-22)28(33,27(5)18-30(6)19-27)24-15-21(16-29-17-24)11-12-26(3,4)31-13-14-34-25(31)32/h7-10,15-17,20,33H,11-14,18-19H2,1-6H3. The average Bonchev–Trinajstić information content (AvgIpc) is 3.23. The van der Waals surface area contributed by atoms with Crippen molar-refractivity contribution in [2.45, 2.75) is 64.5 Å². The zero-order valence-electron chi connectivity index (χ0n) is 21.5. The lowest BCUT2D eigenvalue weighted by molar-refractivity contribution is -0.127. The van der Waals surface area contributed by atoms with E-state index in [0.717, 1.165) is 42.6 Å². The molecular weight excluding hydrogens is 426 g/mol. The van der Waals surface area contributed by atoms with Crippen LogP contribution in [-0.4, -0.2) is 64.8 Å². The molecule has 0 aliphatic carbocycles. The summed E-state index contributed by atoms with van der Waals surface area (Å²) < 4.78 is 5.14. The number of hydrogen-bond acceptors (Lipinski definition) is 5. The summed E-state index contributed by atoms with van der Waals surface area (Å²) >= 11 is 0. The third kappa shape index (κ3) is 4.34. The summed E-state index contributed by atoms with van der Waals surface area (Å²) in [5.41, 5.74) is 2.28. The van der Waals surface area contributed by atoms with Gasteiger partial charge in [-0.1, -0.05) is 45.0 Å². The third-order valence-corrected chi connectivity index (χ3v) is 7.84. The highest BCUT2D eigenvalue weighted by atomic mass is 16.6. The largest absolute Gasteiger partial charge is 0.448 e. The molecule has 2 aliphatic rings. The van der Waals surface area contributed by atoms with Gasteiger partial charge in [-0.25, -0.2) is 4.79 Å². The Balaban J connectivity index is 1.64. The van der Waals surface area contributed by atoms with Gasteiger partial charge in [0, 0.05) is 42.0 Å². The molecule has 2 fully saturated rings. The monoisotopic (exact) mass is 465 g/mol. The summed E-state index contributed by atoms with van der Waals surface area (Å²) in [5.74, 6) is 0.439. The molecule has 1 amide bonds. The van der Waals surface area contributed by atoms with E-state index in [-0.39, 0.29) is 17.0 Å². The van der Waals surface area contributed by atoms with Crippen LogP contribution in [0.5, 0.6) is 0 Å². The second kappa shape index (κ2) is 8.97. The van der Waals surface area contributed by atoms with E-state index in [9.17, 15) is 9.90 Å². The molecule has 0 radical (unpaired) electrons. The first-order valence-electron chi connectivity index (χ1n) is 12.4. The van der Waals surface area contributed by atoms with E-state index in [1.165, 1.54) is 5.56 Å². The number of carbonyl (C=O) groups is 1. The number of amides is 1. The second-order valence-corrected chi connectivity index (χ2v) is 11.4. The van der Waals surface area contributed by atoms with Gasteiger partial charge in [0.15, 0.2) is 0 Å². The predicted octanol–water partition coefficient (Wildman–Crippen LogP) is 4.56. The van der Waals surface area contributed by atoms with Crippen LogP contribution in [-0.2, 0) is 16.8 Å². The van der Waals surface area contributed by atoms with Crippen molar-refractivity contribution in [2.24, 2.45) is 5.41 Å². The number of nitrogens with zero attached hydrogens (tertiary/aromatic N) is 3. The van der Waals surface area contributed by atoms with Gasteiger partial charge in [0.25, 0.3) is 0 Å². The van der Waals surface area contributed by atoms with Gasteiger partial charge >= 0.3 is 6.09 Å². The SMILES string of the molecule is CC(C)c1ccc(C(O)(c2cncc(CCC(C)(C)N3CCOC3=O)c2)C2(C)CN(C)C2)cc1. The molecule has 1 N–H and O–H groups in total. The van der Waals surface area contributed by atoms with E-state index in [0.29, 0.717) is 19.1 Å². The number of ether oxygens (including phenoxy) is 1. The van der Waals surface area contributed by atoms with Crippen LogP contribution in [0.4, 0.5) is 4.79 Å². The fourth-order valence-corrected chi connectivity index (χ4v) is 5.70. The number of rotatable bonds is 8. The number of carbonyl (C=O) groups excluding carboxylic acids is 1. The summed E-state index contributed by atoms with van der Waals surface area (Å²) in [7, 11) is 2.09. The minimum Gasteiger partial charge on any atom is -0.448 e. The maximum atomic E-state index is 12.4. The number of cyclic esters (lactones) is 1. The van der Waals surface area contributed by atoms with Gasteiger partial charge in [-0.05, 0) is 62.4 Å². The molecule has 1 unspecified atom stereocenters. The number of benzene rings is 1. The molecule has 0 bridgehead atoms. The Labute approximate surface area is 203 Å². The topological polar surface area (TPSA) is 65.9 Å². The first-order chi connectivity index (χ1) is 16.0. The molecule has 4 rings (SSSR count). The number of aliphatic hydroxyl groups is 1. The Morgan fingerprint density at radius 3 is 2.38 bits per heavy atom. The fraction of sp³-hybridized carbons (Fsp3) is 0.571. The lowest BCUT2D eigenvalue weighted by Gasteiger charge is -2.56. The Hall–Kier alpha value is -2.44. The summed E-state index contributed by atoms with van der Waals surface area (Å²) in [4.78, 5) is 20.7. The smallest absolute Gasteiger partial charge is 0.410 e. The van der Waals surface area contributed by atoms with Crippen LogP contribution in [0.2, 0.25) is 0 Å². The quantitative estimate of drug-likeness (QED) is 0.619. The number of aryl methyl sites for hydroxylation is 1. The molecule has 2 aromatic rings. The van der Waals surface area contributed by atoms with Gasteiger partial charge in [-0.3, -0.25) is 9.88 Å². The van der Waals surface area contributed by atoms with Crippen LogP contribution < -0.4 is 0 Å². The second-order valence-electron chi connectivity index (χ2n) is 11.4. The Kier molecular flexibility index (Phi) is 6.51. The minimum absolute atomic E-state index is 0.238. The van der Waals surface area contributed by atoms with Crippen molar-refractivity contribution < 1.29 is 14.6 Å². The first-order valence-corrected chi connectivity index (χ1v) is 12.4. The van der Waals surface area contributed by atoms with Crippen LogP contribution in [0.15, 0.2) is 42.7 Å². The molecule has 3 heterocycles. The van der Waals surface area contributed by atoms with E-state index in [1.54, 1.807) is 0 Å². The lowest BCUT2D eigenvalue weighted by atomic mass is 9.62.